The average Bonchev–Trinajstić information content (AvgIpc) is 3.76. The Morgan fingerprint density at radius 3 is 2.27 bits per heavy atom. The van der Waals surface area contributed by atoms with Crippen molar-refractivity contribution in [3.05, 3.63) is 57.8 Å². The molecule has 2 saturated carbocycles. The number of nitrogens with zero attached hydrogens (tertiary/aromatic N) is 6. The lowest BCUT2D eigenvalue weighted by molar-refractivity contribution is 0.360. The van der Waals surface area contributed by atoms with E-state index < -0.39 is 0 Å². The third-order valence-corrected chi connectivity index (χ3v) is 7.76. The van der Waals surface area contributed by atoms with Crippen molar-refractivity contribution < 1.29 is 9.13 Å². The number of methoxy groups -OCH3 is 1. The van der Waals surface area contributed by atoms with Gasteiger partial charge in [-0.05, 0) is 62.8 Å². The van der Waals surface area contributed by atoms with Crippen molar-refractivity contribution in [2.24, 2.45) is 7.05 Å². The minimum atomic E-state index is -0.375. The summed E-state index contributed by atoms with van der Waals surface area (Å²) in [6.45, 7) is 0. The maximum atomic E-state index is 13.9. The van der Waals surface area contributed by atoms with E-state index in [0.29, 0.717) is 28.5 Å². The summed E-state index contributed by atoms with van der Waals surface area (Å²) in [5, 5.41) is 19.3. The molecule has 1 aromatic carbocycles. The summed E-state index contributed by atoms with van der Waals surface area (Å²) < 4.78 is 20.8. The van der Waals surface area contributed by atoms with E-state index in [1.54, 1.807) is 26.3 Å². The van der Waals surface area contributed by atoms with Gasteiger partial charge in [0.2, 0.25) is 0 Å². The molecule has 2 heterocycles. The summed E-state index contributed by atoms with van der Waals surface area (Å²) in [7, 11) is 5.09. The Morgan fingerprint density at radius 2 is 1.68 bits per heavy atom. The largest absolute Gasteiger partial charge is 0.494 e. The molecule has 2 aliphatic rings. The van der Waals surface area contributed by atoms with Crippen molar-refractivity contribution in [2.75, 3.05) is 24.0 Å². The molecule has 3 aromatic rings. The molecule has 0 spiro atoms. The highest BCUT2D eigenvalue weighted by molar-refractivity contribution is 5.92. The third kappa shape index (κ3) is 4.35. The summed E-state index contributed by atoms with van der Waals surface area (Å²) in [5.41, 5.74) is 2.39. The molecule has 0 N–H and O–H groups in total. The van der Waals surface area contributed by atoms with Gasteiger partial charge in [0.15, 0.2) is 0 Å². The van der Waals surface area contributed by atoms with E-state index in [-0.39, 0.29) is 34.7 Å². The van der Waals surface area contributed by atoms with E-state index in [9.17, 15) is 19.7 Å². The van der Waals surface area contributed by atoms with Crippen LogP contribution < -0.4 is 20.1 Å². The van der Waals surface area contributed by atoms with Crippen molar-refractivity contribution in [1.29, 1.82) is 10.5 Å². The standard InChI is InChI=1S/C28H29FN6O2/c1-33(27-22(16-31)28(36)34(2)24-13-5-18(15-30)32-26(24)27)19-6-8-20(9-7-19)35(21-10-11-21)23-12-4-17(29)14-25(23)37-3/h4-5,12-14,19-21H,6-11H2,1-3H3. The van der Waals surface area contributed by atoms with Gasteiger partial charge in [0.05, 0.1) is 24.0 Å². The summed E-state index contributed by atoms with van der Waals surface area (Å²) >= 11 is 0. The predicted octanol–water partition coefficient (Wildman–Crippen LogP) is 4.24. The van der Waals surface area contributed by atoms with Crippen molar-refractivity contribution in [3.8, 4) is 17.9 Å². The first kappa shape index (κ1) is 24.6. The van der Waals surface area contributed by atoms with Crippen LogP contribution in [0.5, 0.6) is 5.75 Å². The monoisotopic (exact) mass is 500 g/mol. The Labute approximate surface area is 215 Å². The summed E-state index contributed by atoms with van der Waals surface area (Å²) in [4.78, 5) is 21.9. The number of pyridine rings is 2. The highest BCUT2D eigenvalue weighted by atomic mass is 19.1. The minimum absolute atomic E-state index is 0.0397. The first-order valence-corrected chi connectivity index (χ1v) is 12.6. The number of rotatable bonds is 6. The number of fused-ring (bicyclic) bond motifs is 1. The number of hydrogen-bond donors (Lipinski definition) is 0. The van der Waals surface area contributed by atoms with E-state index in [2.05, 4.69) is 22.0 Å². The van der Waals surface area contributed by atoms with E-state index in [1.807, 2.05) is 18.0 Å². The Bertz CT molecular complexity index is 1490. The normalized spacial score (nSPS) is 19.2. The van der Waals surface area contributed by atoms with Crippen LogP contribution in [0.2, 0.25) is 0 Å². The van der Waals surface area contributed by atoms with Crippen LogP contribution in [0.15, 0.2) is 35.1 Å². The van der Waals surface area contributed by atoms with Gasteiger partial charge in [0, 0.05) is 38.3 Å². The van der Waals surface area contributed by atoms with Crippen LogP contribution in [0.3, 0.4) is 0 Å². The van der Waals surface area contributed by atoms with Gasteiger partial charge in [-0.2, -0.15) is 10.5 Å². The smallest absolute Gasteiger partial charge is 0.270 e. The first-order chi connectivity index (χ1) is 17.9. The molecular formula is C28H29FN6O2. The second kappa shape index (κ2) is 9.74. The molecule has 2 aliphatic carbocycles. The minimum Gasteiger partial charge on any atom is -0.494 e. The Balaban J connectivity index is 1.45. The molecule has 0 radical (unpaired) electrons. The fourth-order valence-electron chi connectivity index (χ4n) is 5.72. The lowest BCUT2D eigenvalue weighted by atomic mass is 9.88. The number of aryl methyl sites for hydroxylation is 1. The molecule has 2 aromatic heterocycles. The summed E-state index contributed by atoms with van der Waals surface area (Å²) in [6.07, 6.45) is 5.75. The Kier molecular flexibility index (Phi) is 6.47. The highest BCUT2D eigenvalue weighted by Gasteiger charge is 2.38. The number of nitriles is 2. The number of aromatic nitrogens is 2. The van der Waals surface area contributed by atoms with Crippen molar-refractivity contribution >= 4 is 22.4 Å². The SMILES string of the molecule is COc1cc(F)ccc1N(C1CCC(N(C)c2c(C#N)c(=O)n(C)c3ccc(C#N)nc23)CC1)C1CC1. The molecule has 37 heavy (non-hydrogen) atoms. The van der Waals surface area contributed by atoms with Crippen LogP contribution >= 0.6 is 0 Å². The fraction of sp³-hybridized carbons (Fsp3) is 0.429. The molecule has 0 saturated heterocycles. The van der Waals surface area contributed by atoms with Gasteiger partial charge in [-0.25, -0.2) is 9.37 Å². The summed E-state index contributed by atoms with van der Waals surface area (Å²) in [6, 6.07) is 13.0. The predicted molar refractivity (Wildman–Crippen MR) is 139 cm³/mol. The molecule has 8 nitrogen and oxygen atoms in total. The van der Waals surface area contributed by atoms with Gasteiger partial charge in [0.1, 0.15) is 40.5 Å². The number of anilines is 2. The van der Waals surface area contributed by atoms with Crippen molar-refractivity contribution in [1.82, 2.24) is 9.55 Å². The molecule has 9 heteroatoms. The van der Waals surface area contributed by atoms with Crippen LogP contribution in [0.25, 0.3) is 11.0 Å². The number of hydrogen-bond acceptors (Lipinski definition) is 7. The van der Waals surface area contributed by atoms with E-state index >= 15 is 0 Å². The maximum Gasteiger partial charge on any atom is 0.270 e. The maximum absolute atomic E-state index is 13.9. The molecule has 0 atom stereocenters. The van der Waals surface area contributed by atoms with E-state index in [4.69, 9.17) is 4.74 Å². The average molecular weight is 501 g/mol. The zero-order valence-electron chi connectivity index (χ0n) is 21.2. The highest BCUT2D eigenvalue weighted by Crippen LogP contribution is 2.43. The number of benzene rings is 1. The molecule has 0 amide bonds. The van der Waals surface area contributed by atoms with Gasteiger partial charge >= 0.3 is 0 Å². The molecule has 2 fully saturated rings. The fourth-order valence-corrected chi connectivity index (χ4v) is 5.72. The second-order valence-electron chi connectivity index (χ2n) is 9.90. The van der Waals surface area contributed by atoms with E-state index in [1.165, 1.54) is 16.7 Å². The summed E-state index contributed by atoms with van der Waals surface area (Å²) in [5.74, 6) is 0.236. The van der Waals surface area contributed by atoms with Gasteiger partial charge < -0.3 is 19.1 Å². The number of halogens is 1. The second-order valence-corrected chi connectivity index (χ2v) is 9.90. The van der Waals surface area contributed by atoms with Crippen LogP contribution in [-0.4, -0.2) is 41.8 Å². The van der Waals surface area contributed by atoms with Crippen molar-refractivity contribution in [2.45, 2.75) is 56.7 Å². The van der Waals surface area contributed by atoms with Crippen LogP contribution in [0.4, 0.5) is 15.8 Å². The van der Waals surface area contributed by atoms with Crippen LogP contribution in [-0.2, 0) is 7.05 Å². The molecule has 0 aliphatic heterocycles. The van der Waals surface area contributed by atoms with Gasteiger partial charge in [0.25, 0.3) is 5.56 Å². The lowest BCUT2D eigenvalue weighted by Crippen LogP contribution is -2.45. The van der Waals surface area contributed by atoms with Crippen molar-refractivity contribution in [3.63, 3.8) is 0 Å². The zero-order valence-corrected chi connectivity index (χ0v) is 21.2. The molecule has 0 bridgehead atoms. The number of ether oxygens (including phenoxy) is 1. The Morgan fingerprint density at radius 1 is 1.03 bits per heavy atom. The molecule has 5 rings (SSSR count). The van der Waals surface area contributed by atoms with Gasteiger partial charge in [-0.1, -0.05) is 0 Å². The first-order valence-electron chi connectivity index (χ1n) is 12.6. The molecule has 0 unspecified atom stereocenters. The topological polar surface area (TPSA) is 98.2 Å². The molecule has 190 valence electrons. The van der Waals surface area contributed by atoms with Gasteiger partial charge in [-0.15, -0.1) is 0 Å². The van der Waals surface area contributed by atoms with Gasteiger partial charge in [-0.3, -0.25) is 4.79 Å². The zero-order chi connectivity index (χ0) is 26.3. The van der Waals surface area contributed by atoms with Crippen LogP contribution in [0.1, 0.15) is 49.8 Å². The van der Waals surface area contributed by atoms with E-state index in [0.717, 1.165) is 44.2 Å². The van der Waals surface area contributed by atoms with Crippen LogP contribution in [0, 0.1) is 28.5 Å². The third-order valence-electron chi connectivity index (χ3n) is 7.76. The molecular weight excluding hydrogens is 471 g/mol. The lowest BCUT2D eigenvalue weighted by Gasteiger charge is -2.42. The Hall–Kier alpha value is -4.11. The quantitative estimate of drug-likeness (QED) is 0.499.